The van der Waals surface area contributed by atoms with Crippen LogP contribution < -0.4 is 4.74 Å². The number of nitrogens with zero attached hydrogens (tertiary/aromatic N) is 2. The van der Waals surface area contributed by atoms with Gasteiger partial charge in [0.2, 0.25) is 0 Å². The molecule has 0 spiro atoms. The van der Waals surface area contributed by atoms with E-state index in [1.54, 1.807) is 33.3 Å². The summed E-state index contributed by atoms with van der Waals surface area (Å²) in [6, 6.07) is 7.29. The van der Waals surface area contributed by atoms with Crippen LogP contribution in [0.15, 0.2) is 28.2 Å². The molecule has 0 radical (unpaired) electrons. The number of hydrogen-bond acceptors (Lipinski definition) is 3. The molecule has 0 aliphatic heterocycles. The van der Waals surface area contributed by atoms with Crippen LogP contribution in [-0.4, -0.2) is 32.0 Å². The zero-order valence-corrected chi connectivity index (χ0v) is 12.0. The van der Waals surface area contributed by atoms with Gasteiger partial charge in [-0.25, -0.2) is 0 Å². The Bertz CT molecular complexity index is 530. The van der Waals surface area contributed by atoms with Crippen molar-refractivity contribution in [1.82, 2.24) is 4.90 Å². The van der Waals surface area contributed by atoms with E-state index in [0.29, 0.717) is 11.3 Å². The van der Waals surface area contributed by atoms with Gasteiger partial charge in [-0.1, -0.05) is 15.9 Å². The molecule has 94 valence electrons. The van der Waals surface area contributed by atoms with Crippen molar-refractivity contribution in [3.63, 3.8) is 0 Å². The Morgan fingerprint density at radius 1 is 1.50 bits per heavy atom. The van der Waals surface area contributed by atoms with E-state index < -0.39 is 0 Å². The van der Waals surface area contributed by atoms with Gasteiger partial charge in [0.15, 0.2) is 0 Å². The lowest BCUT2D eigenvalue weighted by Gasteiger charge is -2.10. The molecule has 0 N–H and O–H groups in total. The number of carbonyl (C=O) groups is 1. The minimum atomic E-state index is -0.334. The van der Waals surface area contributed by atoms with Crippen LogP contribution in [0.5, 0.6) is 5.75 Å². The van der Waals surface area contributed by atoms with Crippen molar-refractivity contribution >= 4 is 27.9 Å². The number of benzene rings is 1. The van der Waals surface area contributed by atoms with Gasteiger partial charge in [0, 0.05) is 24.1 Å². The molecular formula is C13H13BrN2O2. The van der Waals surface area contributed by atoms with E-state index in [-0.39, 0.29) is 11.5 Å². The number of rotatable bonds is 3. The van der Waals surface area contributed by atoms with Crippen LogP contribution in [0.2, 0.25) is 0 Å². The molecular weight excluding hydrogens is 296 g/mol. The zero-order valence-electron chi connectivity index (χ0n) is 10.4. The Kier molecular flexibility index (Phi) is 4.93. The Morgan fingerprint density at radius 2 is 2.17 bits per heavy atom. The highest BCUT2D eigenvalue weighted by Crippen LogP contribution is 2.25. The summed E-state index contributed by atoms with van der Waals surface area (Å²) in [6.07, 6.45) is 1.52. The number of likely N-dealkylation sites (N-methyl/N-ethyl adjacent to an activating group) is 1. The van der Waals surface area contributed by atoms with Crippen molar-refractivity contribution in [2.75, 3.05) is 21.2 Å². The lowest BCUT2D eigenvalue weighted by molar-refractivity contribution is -0.124. The summed E-state index contributed by atoms with van der Waals surface area (Å²) in [4.78, 5) is 13.1. The fraction of sp³-hybridized carbons (Fsp3) is 0.231. The first kappa shape index (κ1) is 14.3. The smallest absolute Gasteiger partial charge is 0.264 e. The van der Waals surface area contributed by atoms with E-state index in [4.69, 9.17) is 10.00 Å². The summed E-state index contributed by atoms with van der Waals surface area (Å²) >= 11 is 3.34. The number of methoxy groups -OCH3 is 1. The number of halogens is 1. The molecule has 18 heavy (non-hydrogen) atoms. The SMILES string of the molecule is COc1ccc(Br)cc1C=C(C#N)C(=O)N(C)C. The van der Waals surface area contributed by atoms with Gasteiger partial charge in [0.25, 0.3) is 5.91 Å². The fourth-order valence-electron chi connectivity index (χ4n) is 1.36. The average Bonchev–Trinajstić information content (AvgIpc) is 2.35. The molecule has 5 heteroatoms. The second kappa shape index (κ2) is 6.22. The van der Waals surface area contributed by atoms with Gasteiger partial charge in [-0.15, -0.1) is 0 Å². The van der Waals surface area contributed by atoms with Crippen molar-refractivity contribution in [3.05, 3.63) is 33.8 Å². The highest BCUT2D eigenvalue weighted by atomic mass is 79.9. The molecule has 0 heterocycles. The van der Waals surface area contributed by atoms with E-state index in [9.17, 15) is 4.79 Å². The highest BCUT2D eigenvalue weighted by molar-refractivity contribution is 9.10. The van der Waals surface area contributed by atoms with Crippen molar-refractivity contribution in [2.45, 2.75) is 0 Å². The molecule has 0 saturated heterocycles. The quantitative estimate of drug-likeness (QED) is 0.636. The first-order valence-electron chi connectivity index (χ1n) is 5.16. The molecule has 0 bridgehead atoms. The van der Waals surface area contributed by atoms with E-state index in [2.05, 4.69) is 15.9 Å². The second-order valence-electron chi connectivity index (χ2n) is 3.76. The maximum Gasteiger partial charge on any atom is 0.264 e. The molecule has 0 atom stereocenters. The number of hydrogen-bond donors (Lipinski definition) is 0. The lowest BCUT2D eigenvalue weighted by Crippen LogP contribution is -2.22. The second-order valence-corrected chi connectivity index (χ2v) is 4.67. The third-order valence-electron chi connectivity index (χ3n) is 2.25. The topological polar surface area (TPSA) is 53.3 Å². The van der Waals surface area contributed by atoms with Gasteiger partial charge in [-0.2, -0.15) is 5.26 Å². The zero-order chi connectivity index (χ0) is 13.7. The van der Waals surface area contributed by atoms with Crippen molar-refractivity contribution < 1.29 is 9.53 Å². The summed E-state index contributed by atoms with van der Waals surface area (Å²) in [7, 11) is 4.75. The molecule has 4 nitrogen and oxygen atoms in total. The molecule has 0 saturated carbocycles. The Labute approximate surface area is 115 Å². The third kappa shape index (κ3) is 3.34. The predicted octanol–water partition coefficient (Wildman–Crippen LogP) is 2.45. The molecule has 1 amide bonds. The summed E-state index contributed by atoms with van der Waals surface area (Å²) in [6.45, 7) is 0. The minimum Gasteiger partial charge on any atom is -0.496 e. The van der Waals surface area contributed by atoms with Gasteiger partial charge < -0.3 is 9.64 Å². The standard InChI is InChI=1S/C13H13BrN2O2/c1-16(2)13(17)10(8-15)6-9-7-11(14)4-5-12(9)18-3/h4-7H,1-3H3. The average molecular weight is 309 g/mol. The van der Waals surface area contributed by atoms with Gasteiger partial charge >= 0.3 is 0 Å². The van der Waals surface area contributed by atoms with Crippen LogP contribution in [0.1, 0.15) is 5.56 Å². The van der Waals surface area contributed by atoms with E-state index >= 15 is 0 Å². The Hall–Kier alpha value is -1.80. The fourth-order valence-corrected chi connectivity index (χ4v) is 1.74. The summed E-state index contributed by atoms with van der Waals surface area (Å²) < 4.78 is 6.04. The van der Waals surface area contributed by atoms with Crippen molar-refractivity contribution in [2.24, 2.45) is 0 Å². The molecule has 0 aromatic heterocycles. The largest absolute Gasteiger partial charge is 0.496 e. The minimum absolute atomic E-state index is 0.0661. The molecule has 1 aromatic rings. The number of carbonyl (C=O) groups excluding carboxylic acids is 1. The highest BCUT2D eigenvalue weighted by Gasteiger charge is 2.12. The normalized spacial score (nSPS) is 10.7. The molecule has 0 aliphatic carbocycles. The first-order valence-corrected chi connectivity index (χ1v) is 5.96. The van der Waals surface area contributed by atoms with Crippen LogP contribution in [0.25, 0.3) is 6.08 Å². The van der Waals surface area contributed by atoms with Gasteiger partial charge in [0.05, 0.1) is 7.11 Å². The Morgan fingerprint density at radius 3 is 2.67 bits per heavy atom. The van der Waals surface area contributed by atoms with Gasteiger partial charge in [0.1, 0.15) is 17.4 Å². The van der Waals surface area contributed by atoms with Crippen LogP contribution in [-0.2, 0) is 4.79 Å². The summed E-state index contributed by atoms with van der Waals surface area (Å²) in [5, 5.41) is 9.02. The molecule has 0 aliphatic rings. The lowest BCUT2D eigenvalue weighted by atomic mass is 10.1. The molecule has 0 fully saturated rings. The summed E-state index contributed by atoms with van der Waals surface area (Å²) in [5.41, 5.74) is 0.745. The molecule has 1 rings (SSSR count). The van der Waals surface area contributed by atoms with Crippen molar-refractivity contribution in [3.8, 4) is 11.8 Å². The van der Waals surface area contributed by atoms with Crippen LogP contribution >= 0.6 is 15.9 Å². The van der Waals surface area contributed by atoms with Crippen LogP contribution in [0.3, 0.4) is 0 Å². The molecule has 0 unspecified atom stereocenters. The van der Waals surface area contributed by atoms with E-state index in [1.807, 2.05) is 12.1 Å². The van der Waals surface area contributed by atoms with Crippen LogP contribution in [0.4, 0.5) is 0 Å². The van der Waals surface area contributed by atoms with Gasteiger partial charge in [-0.3, -0.25) is 4.79 Å². The van der Waals surface area contributed by atoms with Gasteiger partial charge in [-0.05, 0) is 24.3 Å². The number of nitriles is 1. The molecule has 1 aromatic carbocycles. The summed E-state index contributed by atoms with van der Waals surface area (Å²) in [5.74, 6) is 0.275. The van der Waals surface area contributed by atoms with Crippen molar-refractivity contribution in [1.29, 1.82) is 5.26 Å². The Balaban J connectivity index is 3.25. The van der Waals surface area contributed by atoms with E-state index in [1.165, 1.54) is 11.0 Å². The maximum absolute atomic E-state index is 11.7. The van der Waals surface area contributed by atoms with E-state index in [0.717, 1.165) is 4.47 Å². The van der Waals surface area contributed by atoms with Crippen LogP contribution in [0, 0.1) is 11.3 Å². The first-order chi connectivity index (χ1) is 8.49. The maximum atomic E-state index is 11.7. The number of amides is 1. The monoisotopic (exact) mass is 308 g/mol. The third-order valence-corrected chi connectivity index (χ3v) is 2.74. The predicted molar refractivity (Wildman–Crippen MR) is 73.0 cm³/mol. The number of ether oxygens (including phenoxy) is 1.